The van der Waals surface area contributed by atoms with Crippen molar-refractivity contribution in [3.63, 3.8) is 0 Å². The number of hydrogen-bond acceptors (Lipinski definition) is 1. The fourth-order valence-electron chi connectivity index (χ4n) is 0.227. The van der Waals surface area contributed by atoms with Crippen LogP contribution in [0.1, 0.15) is 20.8 Å². The maximum Gasteiger partial charge on any atom is 0.214 e. The normalized spacial score (nSPS) is 17.6. The number of rotatable bonds is 2. The van der Waals surface area contributed by atoms with Gasteiger partial charge in [-0.1, -0.05) is 29.8 Å². The molecule has 1 atom stereocenters. The van der Waals surface area contributed by atoms with Gasteiger partial charge >= 0.3 is 0 Å². The van der Waals surface area contributed by atoms with Crippen molar-refractivity contribution < 1.29 is 4.79 Å². The molecule has 0 radical (unpaired) electrons. The van der Waals surface area contributed by atoms with Crippen molar-refractivity contribution in [2.24, 2.45) is 5.92 Å². The van der Waals surface area contributed by atoms with Gasteiger partial charge in [0.25, 0.3) is 0 Å². The van der Waals surface area contributed by atoms with E-state index in [1.54, 1.807) is 0 Å². The van der Waals surface area contributed by atoms with E-state index in [2.05, 4.69) is 31.9 Å². The Balaban J connectivity index is 4.19. The average Bonchev–Trinajstić information content (AvgIpc) is 1.65. The standard InChI is InChI=1S/C6H10Br2O/c1-4(2)6(3,8)5(7)9/h4H,1-3H3. The summed E-state index contributed by atoms with van der Waals surface area (Å²) in [6.07, 6.45) is 0. The number of carbonyl (C=O) groups excluding carboxylic acids is 1. The maximum atomic E-state index is 10.8. The predicted molar refractivity (Wildman–Crippen MR) is 46.1 cm³/mol. The summed E-state index contributed by atoms with van der Waals surface area (Å²) in [7, 11) is 0. The van der Waals surface area contributed by atoms with E-state index in [0.717, 1.165) is 0 Å². The van der Waals surface area contributed by atoms with Crippen molar-refractivity contribution in [3.8, 4) is 0 Å². The van der Waals surface area contributed by atoms with Gasteiger partial charge in [0.2, 0.25) is 4.69 Å². The topological polar surface area (TPSA) is 17.1 Å². The molecule has 3 heteroatoms. The molecule has 0 aliphatic rings. The molecule has 0 saturated carbocycles. The number of alkyl halides is 1. The average molecular weight is 258 g/mol. The largest absolute Gasteiger partial charge is 0.285 e. The zero-order chi connectivity index (χ0) is 7.65. The summed E-state index contributed by atoms with van der Waals surface area (Å²) in [5, 5.41) is 0. The van der Waals surface area contributed by atoms with Crippen LogP contribution < -0.4 is 0 Å². The second-order valence-corrected chi connectivity index (χ2v) is 4.87. The number of hydrogen-bond donors (Lipinski definition) is 0. The minimum atomic E-state index is -0.410. The van der Waals surface area contributed by atoms with Crippen LogP contribution in [0.5, 0.6) is 0 Å². The fraction of sp³-hybridized carbons (Fsp3) is 0.833. The Morgan fingerprint density at radius 1 is 1.56 bits per heavy atom. The third-order valence-corrected chi connectivity index (χ3v) is 4.10. The summed E-state index contributed by atoms with van der Waals surface area (Å²) >= 11 is 6.22. The van der Waals surface area contributed by atoms with Gasteiger partial charge in [-0.2, -0.15) is 0 Å². The van der Waals surface area contributed by atoms with Gasteiger partial charge in [0.1, 0.15) is 0 Å². The molecule has 0 spiro atoms. The van der Waals surface area contributed by atoms with Gasteiger partial charge in [-0.05, 0) is 28.8 Å². The summed E-state index contributed by atoms with van der Waals surface area (Å²) in [5.41, 5.74) is 0. The molecule has 0 aliphatic carbocycles. The Kier molecular flexibility index (Phi) is 3.37. The van der Waals surface area contributed by atoms with E-state index in [0.29, 0.717) is 5.92 Å². The van der Waals surface area contributed by atoms with E-state index >= 15 is 0 Å². The highest BCUT2D eigenvalue weighted by Gasteiger charge is 2.31. The third kappa shape index (κ3) is 2.38. The molecule has 0 fully saturated rings. The molecular weight excluding hydrogens is 248 g/mol. The SMILES string of the molecule is CC(C)C(C)(Br)C(=O)Br. The monoisotopic (exact) mass is 256 g/mol. The Morgan fingerprint density at radius 3 is 1.89 bits per heavy atom. The Morgan fingerprint density at radius 2 is 1.89 bits per heavy atom. The lowest BCUT2D eigenvalue weighted by Gasteiger charge is -2.21. The van der Waals surface area contributed by atoms with Gasteiger partial charge in [-0.25, -0.2) is 0 Å². The molecule has 0 heterocycles. The smallest absolute Gasteiger partial charge is 0.214 e. The lowest BCUT2D eigenvalue weighted by Crippen LogP contribution is -2.29. The van der Waals surface area contributed by atoms with Crippen LogP contribution in [0.4, 0.5) is 0 Å². The third-order valence-electron chi connectivity index (χ3n) is 1.47. The van der Waals surface area contributed by atoms with Crippen LogP contribution in [0.3, 0.4) is 0 Å². The first-order valence-corrected chi connectivity index (χ1v) is 4.36. The van der Waals surface area contributed by atoms with Crippen molar-refractivity contribution in [1.82, 2.24) is 0 Å². The maximum absolute atomic E-state index is 10.8. The van der Waals surface area contributed by atoms with Gasteiger partial charge in [0, 0.05) is 0 Å². The zero-order valence-corrected chi connectivity index (χ0v) is 8.91. The van der Waals surface area contributed by atoms with E-state index in [1.165, 1.54) is 0 Å². The highest BCUT2D eigenvalue weighted by atomic mass is 79.9. The molecule has 0 amide bonds. The van der Waals surface area contributed by atoms with Crippen molar-refractivity contribution in [2.75, 3.05) is 0 Å². The van der Waals surface area contributed by atoms with Crippen LogP contribution in [0.2, 0.25) is 0 Å². The summed E-state index contributed by atoms with van der Waals surface area (Å²) in [4.78, 5) is 10.8. The molecule has 0 saturated heterocycles. The van der Waals surface area contributed by atoms with Gasteiger partial charge in [0.05, 0.1) is 4.32 Å². The predicted octanol–water partition coefficient (Wildman–Crippen LogP) is 2.72. The molecule has 0 bridgehead atoms. The van der Waals surface area contributed by atoms with Crippen LogP contribution in [0, 0.1) is 5.92 Å². The minimum Gasteiger partial charge on any atom is -0.285 e. The second-order valence-electron chi connectivity index (χ2n) is 2.50. The van der Waals surface area contributed by atoms with Crippen LogP contribution in [-0.4, -0.2) is 9.02 Å². The minimum absolute atomic E-state index is 0.00463. The zero-order valence-electron chi connectivity index (χ0n) is 5.74. The lowest BCUT2D eigenvalue weighted by atomic mass is 10.00. The molecule has 0 aliphatic heterocycles. The fourth-order valence-corrected chi connectivity index (χ4v) is 0.685. The molecule has 0 aromatic carbocycles. The molecule has 54 valence electrons. The van der Waals surface area contributed by atoms with Crippen LogP contribution >= 0.6 is 31.9 Å². The van der Waals surface area contributed by atoms with Crippen molar-refractivity contribution >= 4 is 36.6 Å². The second kappa shape index (κ2) is 3.15. The van der Waals surface area contributed by atoms with Crippen molar-refractivity contribution in [2.45, 2.75) is 25.1 Å². The molecule has 0 aromatic heterocycles. The summed E-state index contributed by atoms with van der Waals surface area (Å²) in [5.74, 6) is 0.310. The number of carbonyl (C=O) groups is 1. The Labute approximate surface area is 72.5 Å². The highest BCUT2D eigenvalue weighted by Crippen LogP contribution is 2.29. The van der Waals surface area contributed by atoms with Crippen LogP contribution in [0.25, 0.3) is 0 Å². The first-order chi connectivity index (χ1) is 3.89. The molecule has 1 nitrogen and oxygen atoms in total. The van der Waals surface area contributed by atoms with E-state index in [4.69, 9.17) is 0 Å². The molecular formula is C6H10Br2O. The summed E-state index contributed by atoms with van der Waals surface area (Å²) < 4.78 is -0.405. The van der Waals surface area contributed by atoms with E-state index in [9.17, 15) is 4.79 Å². The molecule has 1 unspecified atom stereocenters. The van der Waals surface area contributed by atoms with Crippen molar-refractivity contribution in [3.05, 3.63) is 0 Å². The molecule has 0 aromatic rings. The van der Waals surface area contributed by atoms with Gasteiger partial charge in [-0.15, -0.1) is 0 Å². The van der Waals surface area contributed by atoms with Gasteiger partial charge in [-0.3, -0.25) is 4.79 Å². The molecule has 9 heavy (non-hydrogen) atoms. The van der Waals surface area contributed by atoms with E-state index < -0.39 is 4.32 Å². The first-order valence-electron chi connectivity index (χ1n) is 2.78. The summed E-state index contributed by atoms with van der Waals surface area (Å²) in [6, 6.07) is 0. The summed E-state index contributed by atoms with van der Waals surface area (Å²) in [6.45, 7) is 5.84. The van der Waals surface area contributed by atoms with E-state index in [-0.39, 0.29) is 4.69 Å². The Bertz CT molecular complexity index is 118. The lowest BCUT2D eigenvalue weighted by molar-refractivity contribution is -0.112. The van der Waals surface area contributed by atoms with Crippen LogP contribution in [0.15, 0.2) is 0 Å². The quantitative estimate of drug-likeness (QED) is 0.549. The Hall–Kier alpha value is 0.630. The molecule has 0 rings (SSSR count). The van der Waals surface area contributed by atoms with Crippen LogP contribution in [-0.2, 0) is 4.79 Å². The van der Waals surface area contributed by atoms with E-state index in [1.807, 2.05) is 20.8 Å². The van der Waals surface area contributed by atoms with Gasteiger partial charge < -0.3 is 0 Å². The molecule has 0 N–H and O–H groups in total. The van der Waals surface area contributed by atoms with Crippen molar-refractivity contribution in [1.29, 1.82) is 0 Å². The number of halogens is 2. The van der Waals surface area contributed by atoms with Gasteiger partial charge in [0.15, 0.2) is 0 Å². The first kappa shape index (κ1) is 9.63. The highest BCUT2D eigenvalue weighted by molar-refractivity contribution is 9.20.